The first-order valence-electron chi connectivity index (χ1n) is 8.67. The lowest BCUT2D eigenvalue weighted by Crippen LogP contribution is -2.51. The summed E-state index contributed by atoms with van der Waals surface area (Å²) in [5.74, 6) is -0.801. The third-order valence-corrected chi connectivity index (χ3v) is 5.04. The molecular formula is C19H24FN3O2. The van der Waals surface area contributed by atoms with E-state index in [1.807, 2.05) is 19.9 Å². The predicted molar refractivity (Wildman–Crippen MR) is 92.8 cm³/mol. The van der Waals surface area contributed by atoms with Crippen molar-refractivity contribution in [2.75, 3.05) is 13.1 Å². The van der Waals surface area contributed by atoms with E-state index in [-0.39, 0.29) is 11.7 Å². The molecule has 1 saturated heterocycles. The first-order chi connectivity index (χ1) is 11.9. The zero-order valence-electron chi connectivity index (χ0n) is 14.7. The van der Waals surface area contributed by atoms with Crippen LogP contribution in [-0.4, -0.2) is 38.8 Å². The average molecular weight is 345 g/mol. The molecule has 0 atom stereocenters. The number of aliphatic carboxylic acids is 1. The summed E-state index contributed by atoms with van der Waals surface area (Å²) in [6.07, 6.45) is 2.80. The SMILES string of the molecule is CC(C)c1ccn(C2(C(=O)O)CCN(Cc3ccc(F)cc3)CC2)n1. The number of benzene rings is 1. The number of halogens is 1. The van der Waals surface area contributed by atoms with Crippen LogP contribution >= 0.6 is 0 Å². The Bertz CT molecular complexity index is 731. The number of hydrogen-bond donors (Lipinski definition) is 1. The summed E-state index contributed by atoms with van der Waals surface area (Å²) in [6.45, 7) is 6.13. The summed E-state index contributed by atoms with van der Waals surface area (Å²) in [7, 11) is 0. The number of likely N-dealkylation sites (tertiary alicyclic amines) is 1. The van der Waals surface area contributed by atoms with E-state index in [4.69, 9.17) is 0 Å². The van der Waals surface area contributed by atoms with Crippen molar-refractivity contribution in [1.29, 1.82) is 0 Å². The number of hydrogen-bond acceptors (Lipinski definition) is 3. The van der Waals surface area contributed by atoms with Crippen LogP contribution < -0.4 is 0 Å². The van der Waals surface area contributed by atoms with Crippen LogP contribution in [0.1, 0.15) is 43.9 Å². The molecule has 1 fully saturated rings. The minimum atomic E-state index is -0.980. The number of carbonyl (C=O) groups is 1. The van der Waals surface area contributed by atoms with Gasteiger partial charge in [0.2, 0.25) is 0 Å². The first kappa shape index (κ1) is 17.6. The molecular weight excluding hydrogens is 321 g/mol. The Hall–Kier alpha value is -2.21. The minimum absolute atomic E-state index is 0.244. The van der Waals surface area contributed by atoms with E-state index in [0.717, 1.165) is 11.3 Å². The van der Waals surface area contributed by atoms with Crippen molar-refractivity contribution in [1.82, 2.24) is 14.7 Å². The average Bonchev–Trinajstić information content (AvgIpc) is 3.08. The van der Waals surface area contributed by atoms with Gasteiger partial charge >= 0.3 is 5.97 Å². The van der Waals surface area contributed by atoms with Crippen LogP contribution in [0, 0.1) is 5.82 Å². The van der Waals surface area contributed by atoms with E-state index >= 15 is 0 Å². The molecule has 1 aliphatic rings. The Morgan fingerprint density at radius 2 is 1.88 bits per heavy atom. The van der Waals surface area contributed by atoms with Gasteiger partial charge in [-0.25, -0.2) is 9.18 Å². The third kappa shape index (κ3) is 3.58. The normalized spacial score (nSPS) is 17.8. The molecule has 1 aromatic heterocycles. The standard InChI is InChI=1S/C19H24FN3O2/c1-14(2)17-7-10-23(21-17)19(18(24)25)8-11-22(12-9-19)13-15-3-5-16(20)6-4-15/h3-7,10,14H,8-9,11-13H2,1-2H3,(H,24,25). The Balaban J connectivity index is 1.72. The molecule has 0 saturated carbocycles. The van der Waals surface area contributed by atoms with Gasteiger partial charge in [0.15, 0.2) is 5.54 Å². The zero-order valence-corrected chi connectivity index (χ0v) is 14.7. The Labute approximate surface area is 147 Å². The molecule has 0 radical (unpaired) electrons. The quantitative estimate of drug-likeness (QED) is 0.904. The van der Waals surface area contributed by atoms with Gasteiger partial charge < -0.3 is 5.11 Å². The molecule has 1 aliphatic heterocycles. The van der Waals surface area contributed by atoms with E-state index in [9.17, 15) is 14.3 Å². The maximum Gasteiger partial charge on any atom is 0.331 e. The molecule has 1 aromatic carbocycles. The fourth-order valence-corrected chi connectivity index (χ4v) is 3.35. The molecule has 3 rings (SSSR count). The van der Waals surface area contributed by atoms with Gasteiger partial charge in [0, 0.05) is 25.8 Å². The first-order valence-corrected chi connectivity index (χ1v) is 8.67. The second kappa shape index (κ2) is 6.96. The van der Waals surface area contributed by atoms with Gasteiger partial charge in [-0.1, -0.05) is 26.0 Å². The van der Waals surface area contributed by atoms with Crippen molar-refractivity contribution < 1.29 is 14.3 Å². The Kier molecular flexibility index (Phi) is 4.90. The molecule has 6 heteroatoms. The lowest BCUT2D eigenvalue weighted by molar-refractivity contribution is -0.151. The van der Waals surface area contributed by atoms with Gasteiger partial charge in [-0.05, 0) is 42.5 Å². The molecule has 5 nitrogen and oxygen atoms in total. The second-order valence-electron chi connectivity index (χ2n) is 7.08. The predicted octanol–water partition coefficient (Wildman–Crippen LogP) is 3.22. The van der Waals surface area contributed by atoms with Crippen molar-refractivity contribution in [3.05, 3.63) is 53.6 Å². The highest BCUT2D eigenvalue weighted by atomic mass is 19.1. The molecule has 134 valence electrons. The van der Waals surface area contributed by atoms with Gasteiger partial charge in [0.1, 0.15) is 5.82 Å². The van der Waals surface area contributed by atoms with Crippen molar-refractivity contribution in [2.45, 2.75) is 44.7 Å². The van der Waals surface area contributed by atoms with Gasteiger partial charge in [-0.2, -0.15) is 5.10 Å². The summed E-state index contributed by atoms with van der Waals surface area (Å²) in [6, 6.07) is 8.36. The maximum atomic E-state index is 13.0. The number of carboxylic acid groups (broad SMARTS) is 1. The largest absolute Gasteiger partial charge is 0.479 e. The Morgan fingerprint density at radius 1 is 1.24 bits per heavy atom. The van der Waals surface area contributed by atoms with Crippen molar-refractivity contribution in [3.63, 3.8) is 0 Å². The third-order valence-electron chi connectivity index (χ3n) is 5.04. The van der Waals surface area contributed by atoms with Crippen LogP contribution in [0.3, 0.4) is 0 Å². The van der Waals surface area contributed by atoms with Crippen LogP contribution in [0.5, 0.6) is 0 Å². The highest BCUT2D eigenvalue weighted by molar-refractivity contribution is 5.76. The Morgan fingerprint density at radius 3 is 2.40 bits per heavy atom. The molecule has 0 spiro atoms. The summed E-state index contributed by atoms with van der Waals surface area (Å²) < 4.78 is 14.7. The van der Waals surface area contributed by atoms with Crippen molar-refractivity contribution in [2.24, 2.45) is 0 Å². The highest BCUT2D eigenvalue weighted by Crippen LogP contribution is 2.31. The molecule has 0 amide bonds. The molecule has 0 aliphatic carbocycles. The van der Waals surface area contributed by atoms with Crippen LogP contribution in [0.4, 0.5) is 4.39 Å². The fourth-order valence-electron chi connectivity index (χ4n) is 3.35. The van der Waals surface area contributed by atoms with Crippen LogP contribution in [0.15, 0.2) is 36.5 Å². The fraction of sp³-hybridized carbons (Fsp3) is 0.474. The summed E-state index contributed by atoms with van der Waals surface area (Å²) in [5, 5.41) is 14.4. The van der Waals surface area contributed by atoms with E-state index in [1.54, 1.807) is 23.0 Å². The molecule has 0 bridgehead atoms. The monoisotopic (exact) mass is 345 g/mol. The molecule has 2 heterocycles. The lowest BCUT2D eigenvalue weighted by atomic mass is 9.87. The number of nitrogens with zero attached hydrogens (tertiary/aromatic N) is 3. The summed E-state index contributed by atoms with van der Waals surface area (Å²) >= 11 is 0. The van der Waals surface area contributed by atoms with Crippen LogP contribution in [-0.2, 0) is 16.9 Å². The van der Waals surface area contributed by atoms with Crippen molar-refractivity contribution in [3.8, 4) is 0 Å². The van der Waals surface area contributed by atoms with E-state index in [2.05, 4.69) is 10.00 Å². The number of piperidine rings is 1. The van der Waals surface area contributed by atoms with Crippen LogP contribution in [0.25, 0.3) is 0 Å². The minimum Gasteiger partial charge on any atom is -0.479 e. The van der Waals surface area contributed by atoms with Crippen molar-refractivity contribution >= 4 is 5.97 Å². The second-order valence-corrected chi connectivity index (χ2v) is 7.08. The molecule has 2 aromatic rings. The lowest BCUT2D eigenvalue weighted by Gasteiger charge is -2.39. The molecule has 1 N–H and O–H groups in total. The maximum absolute atomic E-state index is 13.0. The van der Waals surface area contributed by atoms with Gasteiger partial charge in [0.25, 0.3) is 0 Å². The van der Waals surface area contributed by atoms with E-state index in [0.29, 0.717) is 32.5 Å². The number of rotatable bonds is 5. The van der Waals surface area contributed by atoms with Gasteiger partial charge in [-0.3, -0.25) is 9.58 Å². The number of carboxylic acids is 1. The molecule has 0 unspecified atom stereocenters. The highest BCUT2D eigenvalue weighted by Gasteiger charge is 2.44. The number of aromatic nitrogens is 2. The van der Waals surface area contributed by atoms with E-state index in [1.165, 1.54) is 12.1 Å². The van der Waals surface area contributed by atoms with Gasteiger partial charge in [-0.15, -0.1) is 0 Å². The van der Waals surface area contributed by atoms with Gasteiger partial charge in [0.05, 0.1) is 5.69 Å². The smallest absolute Gasteiger partial charge is 0.331 e. The topological polar surface area (TPSA) is 58.4 Å². The summed E-state index contributed by atoms with van der Waals surface area (Å²) in [5.41, 5.74) is 0.965. The molecule has 25 heavy (non-hydrogen) atoms. The zero-order chi connectivity index (χ0) is 18.0. The summed E-state index contributed by atoms with van der Waals surface area (Å²) in [4.78, 5) is 14.2. The van der Waals surface area contributed by atoms with E-state index < -0.39 is 11.5 Å². The van der Waals surface area contributed by atoms with Crippen LogP contribution in [0.2, 0.25) is 0 Å².